The summed E-state index contributed by atoms with van der Waals surface area (Å²) >= 11 is 0. The molecule has 6 heteroatoms. The zero-order chi connectivity index (χ0) is 18.7. The SMILES string of the molecule is CCCCNC(=O)C[C@@H]1C(=O)N2CCCC3=C2[C@@]1(C(=O)OC)CCCC3. The lowest BCUT2D eigenvalue weighted by atomic mass is 9.70. The van der Waals surface area contributed by atoms with Crippen molar-refractivity contribution >= 4 is 17.8 Å². The number of esters is 1. The Kier molecular flexibility index (Phi) is 5.68. The van der Waals surface area contributed by atoms with E-state index in [4.69, 9.17) is 4.74 Å². The Bertz CT molecular complexity index is 627. The van der Waals surface area contributed by atoms with Crippen LogP contribution in [0.15, 0.2) is 11.3 Å². The van der Waals surface area contributed by atoms with Gasteiger partial charge in [-0.3, -0.25) is 14.4 Å². The molecule has 0 saturated carbocycles. The van der Waals surface area contributed by atoms with E-state index in [1.807, 2.05) is 0 Å². The number of allylic oxidation sites excluding steroid dienone is 1. The maximum absolute atomic E-state index is 13.2. The smallest absolute Gasteiger partial charge is 0.318 e. The van der Waals surface area contributed by atoms with Crippen LogP contribution < -0.4 is 5.32 Å². The van der Waals surface area contributed by atoms with Gasteiger partial charge in [-0.2, -0.15) is 0 Å². The van der Waals surface area contributed by atoms with E-state index in [0.29, 0.717) is 19.5 Å². The van der Waals surface area contributed by atoms with Gasteiger partial charge in [0.2, 0.25) is 11.8 Å². The molecule has 6 nitrogen and oxygen atoms in total. The van der Waals surface area contributed by atoms with Crippen molar-refractivity contribution in [3.8, 4) is 0 Å². The summed E-state index contributed by atoms with van der Waals surface area (Å²) in [5.41, 5.74) is 1.13. The molecule has 0 aromatic carbocycles. The number of nitrogens with one attached hydrogen (secondary N) is 1. The number of carbonyl (C=O) groups is 3. The average molecular weight is 362 g/mol. The van der Waals surface area contributed by atoms with Crippen molar-refractivity contribution in [2.75, 3.05) is 20.2 Å². The van der Waals surface area contributed by atoms with E-state index in [9.17, 15) is 14.4 Å². The van der Waals surface area contributed by atoms with E-state index < -0.39 is 11.3 Å². The second-order valence-corrected chi connectivity index (χ2v) is 7.68. The second kappa shape index (κ2) is 7.80. The summed E-state index contributed by atoms with van der Waals surface area (Å²) in [4.78, 5) is 40.4. The Balaban J connectivity index is 1.97. The summed E-state index contributed by atoms with van der Waals surface area (Å²) in [6, 6.07) is 0. The Morgan fingerprint density at radius 1 is 1.27 bits per heavy atom. The lowest BCUT2D eigenvalue weighted by molar-refractivity contribution is -0.155. The standard InChI is InChI=1S/C20H30N2O4/c1-3-4-11-21-16(23)13-15-18(24)22-12-7-9-14-8-5-6-10-20(15,17(14)22)19(25)26-2/h15H,3-13H2,1-2H3,(H,21,23)/t15-,20-/m1/s1. The molecular weight excluding hydrogens is 332 g/mol. The zero-order valence-electron chi connectivity index (χ0n) is 15.9. The monoisotopic (exact) mass is 362 g/mol. The van der Waals surface area contributed by atoms with E-state index in [0.717, 1.165) is 50.6 Å². The van der Waals surface area contributed by atoms with E-state index in [1.54, 1.807) is 4.90 Å². The number of amides is 2. The first-order valence-corrected chi connectivity index (χ1v) is 9.95. The first kappa shape index (κ1) is 18.9. The normalized spacial score (nSPS) is 27.8. The summed E-state index contributed by atoms with van der Waals surface area (Å²) < 4.78 is 5.19. The maximum atomic E-state index is 13.2. The lowest BCUT2D eigenvalue weighted by Gasteiger charge is -2.34. The predicted octanol–water partition coefficient (Wildman–Crippen LogP) is 2.53. The molecule has 0 unspecified atom stereocenters. The molecular formula is C20H30N2O4. The largest absolute Gasteiger partial charge is 0.468 e. The molecule has 0 radical (unpaired) electrons. The van der Waals surface area contributed by atoms with E-state index in [1.165, 1.54) is 12.7 Å². The number of carbonyl (C=O) groups excluding carboxylic acids is 3. The van der Waals surface area contributed by atoms with Gasteiger partial charge in [-0.1, -0.05) is 19.8 Å². The van der Waals surface area contributed by atoms with Crippen molar-refractivity contribution < 1.29 is 19.1 Å². The molecule has 0 bridgehead atoms. The first-order chi connectivity index (χ1) is 12.6. The van der Waals surface area contributed by atoms with Gasteiger partial charge < -0.3 is 15.0 Å². The van der Waals surface area contributed by atoms with E-state index in [-0.39, 0.29) is 24.2 Å². The van der Waals surface area contributed by atoms with Gasteiger partial charge in [0.05, 0.1) is 13.0 Å². The predicted molar refractivity (Wildman–Crippen MR) is 96.9 cm³/mol. The fraction of sp³-hybridized carbons (Fsp3) is 0.750. The summed E-state index contributed by atoms with van der Waals surface area (Å²) in [6.07, 6.45) is 7.26. The van der Waals surface area contributed by atoms with Crippen molar-refractivity contribution in [2.24, 2.45) is 11.3 Å². The van der Waals surface area contributed by atoms with Crippen LogP contribution in [0.3, 0.4) is 0 Å². The Hall–Kier alpha value is -1.85. The van der Waals surface area contributed by atoms with Crippen LogP contribution in [0.25, 0.3) is 0 Å². The van der Waals surface area contributed by atoms with Gasteiger partial charge in [-0.05, 0) is 44.1 Å². The third-order valence-electron chi connectivity index (χ3n) is 6.14. The fourth-order valence-electron chi connectivity index (χ4n) is 4.94. The Morgan fingerprint density at radius 2 is 2.04 bits per heavy atom. The van der Waals surface area contributed by atoms with Crippen LogP contribution >= 0.6 is 0 Å². The fourth-order valence-corrected chi connectivity index (χ4v) is 4.94. The molecule has 1 aliphatic carbocycles. The number of methoxy groups -OCH3 is 1. The Morgan fingerprint density at radius 3 is 2.77 bits per heavy atom. The number of rotatable bonds is 6. The minimum Gasteiger partial charge on any atom is -0.468 e. The summed E-state index contributed by atoms with van der Waals surface area (Å²) in [7, 11) is 1.39. The van der Waals surface area contributed by atoms with Crippen LogP contribution in [-0.4, -0.2) is 42.9 Å². The molecule has 0 aromatic heterocycles. The number of ether oxygens (including phenoxy) is 1. The highest BCUT2D eigenvalue weighted by atomic mass is 16.5. The maximum Gasteiger partial charge on any atom is 0.318 e. The quantitative estimate of drug-likeness (QED) is 0.582. The van der Waals surface area contributed by atoms with Crippen LogP contribution in [0, 0.1) is 11.3 Å². The van der Waals surface area contributed by atoms with Gasteiger partial charge in [0.25, 0.3) is 0 Å². The molecule has 1 N–H and O–H groups in total. The van der Waals surface area contributed by atoms with Gasteiger partial charge in [0.1, 0.15) is 5.41 Å². The van der Waals surface area contributed by atoms with Gasteiger partial charge in [-0.25, -0.2) is 0 Å². The molecule has 0 spiro atoms. The van der Waals surface area contributed by atoms with Crippen LogP contribution in [0.1, 0.15) is 64.7 Å². The highest BCUT2D eigenvalue weighted by molar-refractivity contribution is 5.99. The van der Waals surface area contributed by atoms with Crippen LogP contribution in [0.5, 0.6) is 0 Å². The summed E-state index contributed by atoms with van der Waals surface area (Å²) in [5.74, 6) is -1.21. The topological polar surface area (TPSA) is 75.7 Å². The third kappa shape index (κ3) is 3.03. The zero-order valence-corrected chi connectivity index (χ0v) is 15.9. The molecule has 144 valence electrons. The van der Waals surface area contributed by atoms with Crippen molar-refractivity contribution in [1.82, 2.24) is 10.2 Å². The molecule has 3 aliphatic rings. The van der Waals surface area contributed by atoms with Crippen molar-refractivity contribution in [3.63, 3.8) is 0 Å². The number of nitrogens with zero attached hydrogens (tertiary/aromatic N) is 1. The van der Waals surface area contributed by atoms with E-state index in [2.05, 4.69) is 12.2 Å². The number of hydrogen-bond donors (Lipinski definition) is 1. The summed E-state index contributed by atoms with van der Waals surface area (Å²) in [6.45, 7) is 3.32. The molecule has 2 heterocycles. The minimum absolute atomic E-state index is 0.0604. The van der Waals surface area contributed by atoms with Gasteiger partial charge in [-0.15, -0.1) is 0 Å². The van der Waals surface area contributed by atoms with Crippen LogP contribution in [0.2, 0.25) is 0 Å². The second-order valence-electron chi connectivity index (χ2n) is 7.68. The van der Waals surface area contributed by atoms with Crippen molar-refractivity contribution in [3.05, 3.63) is 11.3 Å². The average Bonchev–Trinajstić information content (AvgIpc) is 2.78. The minimum atomic E-state index is -0.972. The van der Waals surface area contributed by atoms with Crippen molar-refractivity contribution in [2.45, 2.75) is 64.7 Å². The van der Waals surface area contributed by atoms with Gasteiger partial charge >= 0.3 is 5.97 Å². The highest BCUT2D eigenvalue weighted by Crippen LogP contribution is 2.56. The molecule has 1 saturated heterocycles. The van der Waals surface area contributed by atoms with Gasteiger partial charge in [0, 0.05) is 25.2 Å². The van der Waals surface area contributed by atoms with Crippen molar-refractivity contribution in [1.29, 1.82) is 0 Å². The van der Waals surface area contributed by atoms with Crippen LogP contribution in [0.4, 0.5) is 0 Å². The highest BCUT2D eigenvalue weighted by Gasteiger charge is 2.62. The van der Waals surface area contributed by atoms with Gasteiger partial charge in [0.15, 0.2) is 0 Å². The van der Waals surface area contributed by atoms with Crippen LogP contribution in [-0.2, 0) is 19.1 Å². The Labute approximate surface area is 155 Å². The molecule has 2 amide bonds. The molecule has 1 fully saturated rings. The lowest BCUT2D eigenvalue weighted by Crippen LogP contribution is -2.42. The number of unbranched alkanes of at least 4 members (excludes halogenated alkanes) is 1. The molecule has 3 rings (SSSR count). The molecule has 2 atom stereocenters. The van der Waals surface area contributed by atoms with E-state index >= 15 is 0 Å². The molecule has 0 aromatic rings. The molecule has 2 aliphatic heterocycles. The number of hydrogen-bond acceptors (Lipinski definition) is 4. The first-order valence-electron chi connectivity index (χ1n) is 9.95. The molecule has 26 heavy (non-hydrogen) atoms. The third-order valence-corrected chi connectivity index (χ3v) is 6.14. The summed E-state index contributed by atoms with van der Waals surface area (Å²) in [5, 5.41) is 2.90.